The Morgan fingerprint density at radius 1 is 0.741 bits per heavy atom. The van der Waals surface area contributed by atoms with Crippen molar-refractivity contribution in [3.8, 4) is 16.9 Å². The average molecular weight is 365 g/mol. The normalized spacial score (nSPS) is 19.8. The molecule has 0 heterocycles. The first-order valence-corrected chi connectivity index (χ1v) is 11.1. The second-order valence-corrected chi connectivity index (χ2v) is 8.18. The lowest BCUT2D eigenvalue weighted by atomic mass is 9.77. The second kappa shape index (κ2) is 10.5. The molecule has 0 bridgehead atoms. The zero-order valence-corrected chi connectivity index (χ0v) is 17.3. The van der Waals surface area contributed by atoms with Crippen molar-refractivity contribution in [3.05, 3.63) is 54.1 Å². The summed E-state index contributed by atoms with van der Waals surface area (Å²) in [5.41, 5.74) is 4.10. The summed E-state index contributed by atoms with van der Waals surface area (Å²) in [6, 6.07) is 17.9. The van der Waals surface area contributed by atoms with Crippen molar-refractivity contribution < 1.29 is 4.74 Å². The van der Waals surface area contributed by atoms with Crippen LogP contribution in [0.5, 0.6) is 5.75 Å². The zero-order chi connectivity index (χ0) is 18.9. The SMILES string of the molecule is CCCCCCOc1ccc(-c2ccc(C3CCC(CC)CC3)cc2)cc1. The lowest BCUT2D eigenvalue weighted by molar-refractivity contribution is 0.305. The molecule has 0 atom stereocenters. The van der Waals surface area contributed by atoms with E-state index in [1.165, 1.54) is 68.1 Å². The molecule has 0 amide bonds. The van der Waals surface area contributed by atoms with Crippen molar-refractivity contribution >= 4 is 0 Å². The number of ether oxygens (including phenoxy) is 1. The van der Waals surface area contributed by atoms with Crippen LogP contribution in [0.25, 0.3) is 11.1 Å². The van der Waals surface area contributed by atoms with Crippen LogP contribution >= 0.6 is 0 Å². The minimum absolute atomic E-state index is 0.769. The predicted octanol–water partition coefficient (Wildman–Crippen LogP) is 8.00. The third-order valence-corrected chi connectivity index (χ3v) is 6.26. The predicted molar refractivity (Wildman–Crippen MR) is 117 cm³/mol. The first kappa shape index (κ1) is 20.0. The summed E-state index contributed by atoms with van der Waals surface area (Å²) in [5.74, 6) is 2.72. The van der Waals surface area contributed by atoms with Crippen LogP contribution in [-0.4, -0.2) is 6.61 Å². The van der Waals surface area contributed by atoms with Crippen molar-refractivity contribution in [3.63, 3.8) is 0 Å². The van der Waals surface area contributed by atoms with E-state index in [1.807, 2.05) is 0 Å². The highest BCUT2D eigenvalue weighted by Crippen LogP contribution is 2.37. The lowest BCUT2D eigenvalue weighted by Crippen LogP contribution is -2.12. The van der Waals surface area contributed by atoms with E-state index < -0.39 is 0 Å². The Hall–Kier alpha value is -1.76. The highest BCUT2D eigenvalue weighted by molar-refractivity contribution is 5.64. The highest BCUT2D eigenvalue weighted by Gasteiger charge is 2.21. The maximum Gasteiger partial charge on any atom is 0.119 e. The van der Waals surface area contributed by atoms with Gasteiger partial charge < -0.3 is 4.74 Å². The largest absolute Gasteiger partial charge is 0.494 e. The molecule has 0 aliphatic heterocycles. The van der Waals surface area contributed by atoms with E-state index in [4.69, 9.17) is 4.74 Å². The van der Waals surface area contributed by atoms with Gasteiger partial charge in [0.2, 0.25) is 0 Å². The van der Waals surface area contributed by atoms with Gasteiger partial charge in [0.05, 0.1) is 6.61 Å². The maximum absolute atomic E-state index is 5.86. The molecule has 0 aromatic heterocycles. The molecular formula is C26H36O. The Kier molecular flexibility index (Phi) is 7.80. The van der Waals surface area contributed by atoms with Crippen LogP contribution in [0.2, 0.25) is 0 Å². The first-order valence-electron chi connectivity index (χ1n) is 11.1. The van der Waals surface area contributed by atoms with E-state index in [9.17, 15) is 0 Å². The number of hydrogen-bond donors (Lipinski definition) is 0. The fourth-order valence-corrected chi connectivity index (χ4v) is 4.31. The molecule has 1 aliphatic rings. The molecule has 0 spiro atoms. The van der Waals surface area contributed by atoms with Gasteiger partial charge in [-0.05, 0) is 72.8 Å². The van der Waals surface area contributed by atoms with E-state index in [1.54, 1.807) is 0 Å². The van der Waals surface area contributed by atoms with E-state index in [0.29, 0.717) is 0 Å². The van der Waals surface area contributed by atoms with Gasteiger partial charge >= 0.3 is 0 Å². The molecule has 2 aromatic carbocycles. The summed E-state index contributed by atoms with van der Waals surface area (Å²) in [7, 11) is 0. The average Bonchev–Trinajstić information content (AvgIpc) is 2.74. The number of rotatable bonds is 9. The molecule has 1 fully saturated rings. The van der Waals surface area contributed by atoms with Crippen molar-refractivity contribution in [1.82, 2.24) is 0 Å². The van der Waals surface area contributed by atoms with Crippen LogP contribution in [0, 0.1) is 5.92 Å². The smallest absolute Gasteiger partial charge is 0.119 e. The summed E-state index contributed by atoms with van der Waals surface area (Å²) in [5, 5.41) is 0. The topological polar surface area (TPSA) is 9.23 Å². The Morgan fingerprint density at radius 2 is 1.37 bits per heavy atom. The van der Waals surface area contributed by atoms with Crippen LogP contribution in [0.1, 0.15) is 83.1 Å². The summed E-state index contributed by atoms with van der Waals surface area (Å²) in [6.07, 6.45) is 11.9. The Labute approximate surface area is 166 Å². The molecule has 2 aromatic rings. The fraction of sp³-hybridized carbons (Fsp3) is 0.538. The quantitative estimate of drug-likeness (QED) is 0.410. The summed E-state index contributed by atoms with van der Waals surface area (Å²) >= 11 is 0. The van der Waals surface area contributed by atoms with Crippen LogP contribution < -0.4 is 4.74 Å². The van der Waals surface area contributed by atoms with E-state index >= 15 is 0 Å². The van der Waals surface area contributed by atoms with Gasteiger partial charge in [0.1, 0.15) is 5.75 Å². The second-order valence-electron chi connectivity index (χ2n) is 8.18. The van der Waals surface area contributed by atoms with Crippen molar-refractivity contribution in [2.45, 2.75) is 77.6 Å². The first-order chi connectivity index (χ1) is 13.3. The van der Waals surface area contributed by atoms with E-state index in [2.05, 4.69) is 62.4 Å². The number of benzene rings is 2. The molecule has 0 radical (unpaired) electrons. The van der Waals surface area contributed by atoms with Gasteiger partial charge in [0.15, 0.2) is 0 Å². The summed E-state index contributed by atoms with van der Waals surface area (Å²) < 4.78 is 5.86. The molecule has 0 saturated heterocycles. The van der Waals surface area contributed by atoms with Gasteiger partial charge in [-0.1, -0.05) is 75.9 Å². The van der Waals surface area contributed by atoms with E-state index in [0.717, 1.165) is 30.6 Å². The summed E-state index contributed by atoms with van der Waals surface area (Å²) in [4.78, 5) is 0. The standard InChI is InChI=1S/C26H36O/c1-3-5-6-7-20-27-26-18-16-25(17-19-26)24-14-12-23(13-15-24)22-10-8-21(4-2)9-11-22/h12-19,21-22H,3-11,20H2,1-2H3. The van der Waals surface area contributed by atoms with Gasteiger partial charge in [0.25, 0.3) is 0 Å². The van der Waals surface area contributed by atoms with Crippen LogP contribution in [-0.2, 0) is 0 Å². The Bertz CT molecular complexity index is 648. The van der Waals surface area contributed by atoms with E-state index in [-0.39, 0.29) is 0 Å². The molecule has 146 valence electrons. The molecule has 1 saturated carbocycles. The minimum Gasteiger partial charge on any atom is -0.494 e. The van der Waals surface area contributed by atoms with Gasteiger partial charge in [-0.2, -0.15) is 0 Å². The lowest BCUT2D eigenvalue weighted by Gasteiger charge is -2.28. The monoisotopic (exact) mass is 364 g/mol. The molecule has 0 N–H and O–H groups in total. The zero-order valence-electron chi connectivity index (χ0n) is 17.3. The molecule has 1 nitrogen and oxygen atoms in total. The van der Waals surface area contributed by atoms with Crippen LogP contribution in [0.15, 0.2) is 48.5 Å². The molecule has 1 aliphatic carbocycles. The third kappa shape index (κ3) is 5.86. The van der Waals surface area contributed by atoms with Crippen molar-refractivity contribution in [2.75, 3.05) is 6.61 Å². The molecule has 0 unspecified atom stereocenters. The van der Waals surface area contributed by atoms with Crippen molar-refractivity contribution in [2.24, 2.45) is 5.92 Å². The van der Waals surface area contributed by atoms with Gasteiger partial charge in [-0.15, -0.1) is 0 Å². The number of unbranched alkanes of at least 4 members (excludes halogenated alkanes) is 3. The Balaban J connectivity index is 1.52. The summed E-state index contributed by atoms with van der Waals surface area (Å²) in [6.45, 7) is 5.40. The highest BCUT2D eigenvalue weighted by atomic mass is 16.5. The fourth-order valence-electron chi connectivity index (χ4n) is 4.31. The third-order valence-electron chi connectivity index (χ3n) is 6.26. The van der Waals surface area contributed by atoms with Gasteiger partial charge in [0, 0.05) is 0 Å². The maximum atomic E-state index is 5.86. The van der Waals surface area contributed by atoms with Gasteiger partial charge in [-0.3, -0.25) is 0 Å². The van der Waals surface area contributed by atoms with Gasteiger partial charge in [-0.25, -0.2) is 0 Å². The molecule has 1 heteroatoms. The number of hydrogen-bond acceptors (Lipinski definition) is 1. The molecule has 3 rings (SSSR count). The Morgan fingerprint density at radius 3 is 1.96 bits per heavy atom. The van der Waals surface area contributed by atoms with Crippen LogP contribution in [0.3, 0.4) is 0 Å². The van der Waals surface area contributed by atoms with Crippen LogP contribution in [0.4, 0.5) is 0 Å². The molecule has 27 heavy (non-hydrogen) atoms. The molecular weight excluding hydrogens is 328 g/mol. The van der Waals surface area contributed by atoms with Crippen molar-refractivity contribution in [1.29, 1.82) is 0 Å². The minimum atomic E-state index is 0.769.